The van der Waals surface area contributed by atoms with E-state index in [0.717, 1.165) is 11.3 Å². The van der Waals surface area contributed by atoms with E-state index in [4.69, 9.17) is 23.2 Å². The van der Waals surface area contributed by atoms with Crippen LogP contribution in [0.2, 0.25) is 10.0 Å². The molecule has 136 valence electrons. The van der Waals surface area contributed by atoms with Crippen LogP contribution in [0, 0.1) is 12.3 Å². The van der Waals surface area contributed by atoms with Gasteiger partial charge in [0.15, 0.2) is 0 Å². The van der Waals surface area contributed by atoms with Gasteiger partial charge in [-0.05, 0) is 62.6 Å². The number of amides is 2. The Hall–Kier alpha value is -2.04. The number of hydrogen-bond donors (Lipinski definition) is 1. The first kappa shape index (κ1) is 18.7. The molecule has 2 amide bonds. The summed E-state index contributed by atoms with van der Waals surface area (Å²) in [5, 5.41) is 3.58. The molecule has 4 nitrogen and oxygen atoms in total. The number of rotatable bonds is 5. The van der Waals surface area contributed by atoms with Gasteiger partial charge in [0.05, 0.1) is 10.0 Å². The molecule has 2 aromatic carbocycles. The van der Waals surface area contributed by atoms with E-state index < -0.39 is 5.41 Å². The number of hydrogen-bond acceptors (Lipinski definition) is 2. The molecule has 6 heteroatoms. The molecular weight excluding hydrogens is 371 g/mol. The van der Waals surface area contributed by atoms with Crippen LogP contribution in [0.15, 0.2) is 42.5 Å². The van der Waals surface area contributed by atoms with Crippen LogP contribution in [0.5, 0.6) is 0 Å². The van der Waals surface area contributed by atoms with Crippen molar-refractivity contribution < 1.29 is 9.59 Å². The van der Waals surface area contributed by atoms with Gasteiger partial charge in [-0.1, -0.05) is 35.3 Å². The van der Waals surface area contributed by atoms with Crippen LogP contribution in [0.1, 0.15) is 25.3 Å². The summed E-state index contributed by atoms with van der Waals surface area (Å²) < 4.78 is 0. The van der Waals surface area contributed by atoms with E-state index in [1.54, 1.807) is 23.1 Å². The molecule has 1 N–H and O–H groups in total. The van der Waals surface area contributed by atoms with Crippen LogP contribution in [0.4, 0.5) is 11.4 Å². The van der Waals surface area contributed by atoms with Gasteiger partial charge in [-0.25, -0.2) is 0 Å². The van der Waals surface area contributed by atoms with Crippen LogP contribution >= 0.6 is 23.2 Å². The van der Waals surface area contributed by atoms with Gasteiger partial charge in [0.1, 0.15) is 5.41 Å². The predicted molar refractivity (Wildman–Crippen MR) is 106 cm³/mol. The Morgan fingerprint density at radius 2 is 1.85 bits per heavy atom. The van der Waals surface area contributed by atoms with E-state index in [1.165, 1.54) is 0 Å². The standard InChI is InChI=1S/C20H20Cl2N2O2/c1-3-24(15-6-4-5-13(2)11-15)19(26)20(9-10-20)18(25)23-14-7-8-16(21)17(22)12-14/h4-8,11-12H,3,9-10H2,1-2H3,(H,23,25). The Kier molecular flexibility index (Phi) is 5.26. The molecule has 0 aromatic heterocycles. The van der Waals surface area contributed by atoms with Gasteiger partial charge < -0.3 is 10.2 Å². The van der Waals surface area contributed by atoms with Crippen LogP contribution in [0.25, 0.3) is 0 Å². The normalized spacial score (nSPS) is 14.6. The van der Waals surface area contributed by atoms with Crippen molar-refractivity contribution in [3.05, 3.63) is 58.1 Å². The number of nitrogens with zero attached hydrogens (tertiary/aromatic N) is 1. The molecule has 0 unspecified atom stereocenters. The summed E-state index contributed by atoms with van der Waals surface area (Å²) >= 11 is 11.9. The third-order valence-corrected chi connectivity index (χ3v) is 5.39. The number of aryl methyl sites for hydroxylation is 1. The van der Waals surface area contributed by atoms with E-state index in [0.29, 0.717) is 35.1 Å². The molecule has 3 rings (SSSR count). The van der Waals surface area contributed by atoms with E-state index in [9.17, 15) is 9.59 Å². The highest BCUT2D eigenvalue weighted by Gasteiger charge is 2.58. The van der Waals surface area contributed by atoms with Crippen LogP contribution in [0.3, 0.4) is 0 Å². The maximum atomic E-state index is 13.1. The fourth-order valence-electron chi connectivity index (χ4n) is 2.99. The van der Waals surface area contributed by atoms with E-state index >= 15 is 0 Å². The van der Waals surface area contributed by atoms with Gasteiger partial charge in [-0.2, -0.15) is 0 Å². The SMILES string of the molecule is CCN(C(=O)C1(C(=O)Nc2ccc(Cl)c(Cl)c2)CC1)c1cccc(C)c1. The Bertz CT molecular complexity index is 863. The number of nitrogens with one attached hydrogen (secondary N) is 1. The summed E-state index contributed by atoms with van der Waals surface area (Å²) in [4.78, 5) is 27.6. The van der Waals surface area contributed by atoms with Crippen LogP contribution < -0.4 is 10.2 Å². The Morgan fingerprint density at radius 3 is 2.42 bits per heavy atom. The minimum atomic E-state index is -1.01. The smallest absolute Gasteiger partial charge is 0.242 e. The quantitative estimate of drug-likeness (QED) is 0.724. The molecule has 2 aromatic rings. The number of anilines is 2. The highest BCUT2D eigenvalue weighted by atomic mass is 35.5. The second-order valence-corrected chi connectivity index (χ2v) is 7.37. The maximum absolute atomic E-state index is 13.1. The first-order valence-electron chi connectivity index (χ1n) is 8.52. The lowest BCUT2D eigenvalue weighted by Crippen LogP contribution is -2.43. The monoisotopic (exact) mass is 390 g/mol. The minimum Gasteiger partial charge on any atom is -0.325 e. The molecule has 0 bridgehead atoms. The molecule has 0 heterocycles. The molecule has 0 saturated heterocycles. The predicted octanol–water partition coefficient (Wildman–Crippen LogP) is 5.07. The lowest BCUT2D eigenvalue weighted by Gasteiger charge is -2.26. The number of carbonyl (C=O) groups excluding carboxylic acids is 2. The zero-order chi connectivity index (χ0) is 18.9. The molecule has 26 heavy (non-hydrogen) atoms. The lowest BCUT2D eigenvalue weighted by atomic mass is 10.0. The van der Waals surface area contributed by atoms with Crippen molar-refractivity contribution in [2.75, 3.05) is 16.8 Å². The molecular formula is C20H20Cl2N2O2. The zero-order valence-corrected chi connectivity index (χ0v) is 16.2. The lowest BCUT2D eigenvalue weighted by molar-refractivity contribution is -0.132. The van der Waals surface area contributed by atoms with Gasteiger partial charge in [-0.3, -0.25) is 9.59 Å². The van der Waals surface area contributed by atoms with Crippen molar-refractivity contribution in [3.63, 3.8) is 0 Å². The molecule has 1 aliphatic rings. The van der Waals surface area contributed by atoms with Crippen molar-refractivity contribution >= 4 is 46.4 Å². The third-order valence-electron chi connectivity index (χ3n) is 4.65. The number of carbonyl (C=O) groups is 2. The highest BCUT2D eigenvalue weighted by molar-refractivity contribution is 6.42. The average Bonchev–Trinajstić information content (AvgIpc) is 3.41. The Morgan fingerprint density at radius 1 is 1.12 bits per heavy atom. The van der Waals surface area contributed by atoms with Crippen molar-refractivity contribution in [3.8, 4) is 0 Å². The Balaban J connectivity index is 1.81. The largest absolute Gasteiger partial charge is 0.325 e. The fourth-order valence-corrected chi connectivity index (χ4v) is 3.28. The second kappa shape index (κ2) is 7.29. The van der Waals surface area contributed by atoms with Crippen LogP contribution in [-0.2, 0) is 9.59 Å². The van der Waals surface area contributed by atoms with Gasteiger partial charge >= 0.3 is 0 Å². The number of halogens is 2. The molecule has 1 saturated carbocycles. The average molecular weight is 391 g/mol. The molecule has 1 fully saturated rings. The van der Waals surface area contributed by atoms with Gasteiger partial charge in [-0.15, -0.1) is 0 Å². The molecule has 1 aliphatic carbocycles. The van der Waals surface area contributed by atoms with Crippen molar-refractivity contribution in [2.24, 2.45) is 5.41 Å². The summed E-state index contributed by atoms with van der Waals surface area (Å²) in [5.41, 5.74) is 1.40. The molecule has 0 atom stereocenters. The Labute approximate surface area is 163 Å². The molecule has 0 spiro atoms. The van der Waals surface area contributed by atoms with E-state index in [1.807, 2.05) is 38.1 Å². The van der Waals surface area contributed by atoms with Crippen molar-refractivity contribution in [1.29, 1.82) is 0 Å². The topological polar surface area (TPSA) is 49.4 Å². The van der Waals surface area contributed by atoms with E-state index in [-0.39, 0.29) is 11.8 Å². The summed E-state index contributed by atoms with van der Waals surface area (Å²) in [7, 11) is 0. The molecule has 0 aliphatic heterocycles. The first-order valence-corrected chi connectivity index (χ1v) is 9.28. The molecule has 0 radical (unpaired) electrons. The van der Waals surface area contributed by atoms with Gasteiger partial charge in [0.25, 0.3) is 0 Å². The minimum absolute atomic E-state index is 0.164. The fraction of sp³-hybridized carbons (Fsp3) is 0.300. The summed E-state index contributed by atoms with van der Waals surface area (Å²) in [5.74, 6) is -0.463. The van der Waals surface area contributed by atoms with Gasteiger partial charge in [0.2, 0.25) is 11.8 Å². The third kappa shape index (κ3) is 3.57. The second-order valence-electron chi connectivity index (χ2n) is 6.55. The first-order chi connectivity index (χ1) is 12.4. The summed E-state index contributed by atoms with van der Waals surface area (Å²) in [6.07, 6.45) is 1.09. The zero-order valence-electron chi connectivity index (χ0n) is 14.7. The maximum Gasteiger partial charge on any atom is 0.242 e. The van der Waals surface area contributed by atoms with Crippen molar-refractivity contribution in [2.45, 2.75) is 26.7 Å². The van der Waals surface area contributed by atoms with Gasteiger partial charge in [0, 0.05) is 17.9 Å². The van der Waals surface area contributed by atoms with Crippen LogP contribution in [-0.4, -0.2) is 18.4 Å². The number of benzene rings is 2. The summed E-state index contributed by atoms with van der Waals surface area (Å²) in [6, 6.07) is 12.6. The summed E-state index contributed by atoms with van der Waals surface area (Å²) in [6.45, 7) is 4.39. The highest BCUT2D eigenvalue weighted by Crippen LogP contribution is 2.49. The van der Waals surface area contributed by atoms with E-state index in [2.05, 4.69) is 5.32 Å². The van der Waals surface area contributed by atoms with Crippen molar-refractivity contribution in [1.82, 2.24) is 0 Å².